The summed E-state index contributed by atoms with van der Waals surface area (Å²) in [7, 11) is 0. The van der Waals surface area contributed by atoms with Crippen LogP contribution in [0.15, 0.2) is 24.3 Å². The summed E-state index contributed by atoms with van der Waals surface area (Å²) in [5.41, 5.74) is -0.743. The van der Waals surface area contributed by atoms with E-state index in [9.17, 15) is 18.0 Å². The van der Waals surface area contributed by atoms with Crippen LogP contribution in [-0.2, 0) is 10.7 Å². The second-order valence-corrected chi connectivity index (χ2v) is 2.70. The molecule has 0 N–H and O–H groups in total. The maximum absolute atomic E-state index is 12.8. The molecule has 70 valence electrons. The molecule has 0 saturated heterocycles. The Bertz CT molecular complexity index is 338. The average Bonchev–Trinajstić information content (AvgIpc) is 2.04. The molecule has 5 heteroatoms. The fraction of sp³-hybridized carbons (Fsp3) is 0.125. The molecule has 0 unspecified atom stereocenters. The van der Waals surface area contributed by atoms with Gasteiger partial charge >= 0.3 is 5.92 Å². The van der Waals surface area contributed by atoms with Gasteiger partial charge in [-0.3, -0.25) is 4.79 Å². The minimum absolute atomic E-state index is 0.570. The highest BCUT2D eigenvalue weighted by atomic mass is 35.5. The largest absolute Gasteiger partial charge is 0.345 e. The van der Waals surface area contributed by atoms with Gasteiger partial charge in [0.05, 0.1) is 0 Å². The Balaban J connectivity index is 3.14. The molecule has 0 amide bonds. The van der Waals surface area contributed by atoms with Gasteiger partial charge in [0.25, 0.3) is 5.24 Å². The van der Waals surface area contributed by atoms with Crippen LogP contribution < -0.4 is 0 Å². The Kier molecular flexibility index (Phi) is 2.61. The highest BCUT2D eigenvalue weighted by Crippen LogP contribution is 2.30. The Morgan fingerprint density at radius 1 is 1.38 bits per heavy atom. The van der Waals surface area contributed by atoms with Crippen molar-refractivity contribution in [1.29, 1.82) is 0 Å². The van der Waals surface area contributed by atoms with Crippen LogP contribution >= 0.6 is 11.6 Å². The van der Waals surface area contributed by atoms with Crippen LogP contribution in [0.4, 0.5) is 13.2 Å². The zero-order chi connectivity index (χ0) is 10.1. The zero-order valence-electron chi connectivity index (χ0n) is 6.23. The van der Waals surface area contributed by atoms with Crippen LogP contribution in [-0.4, -0.2) is 5.24 Å². The van der Waals surface area contributed by atoms with E-state index in [0.717, 1.165) is 18.2 Å². The number of alkyl halides is 2. The summed E-state index contributed by atoms with van der Waals surface area (Å²) < 4.78 is 38.1. The van der Waals surface area contributed by atoms with Gasteiger partial charge in [0.1, 0.15) is 5.82 Å². The predicted molar refractivity (Wildman–Crippen MR) is 41.2 cm³/mol. The molecule has 0 spiro atoms. The summed E-state index contributed by atoms with van der Waals surface area (Å²) in [4.78, 5) is 10.3. The summed E-state index contributed by atoms with van der Waals surface area (Å²) in [5.74, 6) is -4.67. The third-order valence-electron chi connectivity index (χ3n) is 1.43. The Hall–Kier alpha value is -1.03. The monoisotopic (exact) mass is 208 g/mol. The van der Waals surface area contributed by atoms with Crippen molar-refractivity contribution in [3.63, 3.8) is 0 Å². The van der Waals surface area contributed by atoms with Crippen molar-refractivity contribution in [2.75, 3.05) is 0 Å². The van der Waals surface area contributed by atoms with Gasteiger partial charge in [-0.25, -0.2) is 4.39 Å². The van der Waals surface area contributed by atoms with E-state index in [1.165, 1.54) is 0 Å². The third kappa shape index (κ3) is 2.01. The highest BCUT2D eigenvalue weighted by molar-refractivity contribution is 6.65. The summed E-state index contributed by atoms with van der Waals surface area (Å²) in [6, 6.07) is 3.58. The molecule has 1 aromatic rings. The Morgan fingerprint density at radius 3 is 2.46 bits per heavy atom. The second-order valence-electron chi connectivity index (χ2n) is 2.36. The van der Waals surface area contributed by atoms with E-state index in [1.54, 1.807) is 0 Å². The molecule has 0 saturated carbocycles. The fourth-order valence-electron chi connectivity index (χ4n) is 0.797. The van der Waals surface area contributed by atoms with Crippen LogP contribution in [0.3, 0.4) is 0 Å². The van der Waals surface area contributed by atoms with Crippen LogP contribution in [0, 0.1) is 5.82 Å². The fourth-order valence-corrected chi connectivity index (χ4v) is 0.906. The first kappa shape index (κ1) is 10.1. The third-order valence-corrected chi connectivity index (χ3v) is 1.67. The van der Waals surface area contributed by atoms with Crippen molar-refractivity contribution in [2.24, 2.45) is 0 Å². The van der Waals surface area contributed by atoms with Gasteiger partial charge in [0, 0.05) is 5.56 Å². The second kappa shape index (κ2) is 3.38. The molecule has 13 heavy (non-hydrogen) atoms. The number of carbonyl (C=O) groups excluding carboxylic acids is 1. The van der Waals surface area contributed by atoms with Gasteiger partial charge in [0.15, 0.2) is 0 Å². The maximum atomic E-state index is 12.8. The first-order chi connectivity index (χ1) is 5.94. The van der Waals surface area contributed by atoms with E-state index in [4.69, 9.17) is 0 Å². The first-order valence-corrected chi connectivity index (χ1v) is 3.66. The van der Waals surface area contributed by atoms with Gasteiger partial charge < -0.3 is 0 Å². The number of halogens is 4. The van der Waals surface area contributed by atoms with Gasteiger partial charge in [-0.2, -0.15) is 8.78 Å². The zero-order valence-corrected chi connectivity index (χ0v) is 6.99. The van der Waals surface area contributed by atoms with Gasteiger partial charge in [-0.15, -0.1) is 0 Å². The van der Waals surface area contributed by atoms with E-state index in [1.807, 2.05) is 0 Å². The minimum atomic E-state index is -3.83. The average molecular weight is 209 g/mol. The van der Waals surface area contributed by atoms with Gasteiger partial charge in [-0.05, 0) is 23.7 Å². The Morgan fingerprint density at radius 2 is 2.00 bits per heavy atom. The van der Waals surface area contributed by atoms with Crippen molar-refractivity contribution >= 4 is 16.8 Å². The standard InChI is InChI=1S/C8H4ClF3O/c9-7(13)8(11,12)5-2-1-3-6(10)4-5/h1-4H. The number of hydrogen-bond donors (Lipinski definition) is 0. The molecule has 0 heterocycles. The van der Waals surface area contributed by atoms with Crippen molar-refractivity contribution in [3.8, 4) is 0 Å². The molecule has 0 fully saturated rings. The molecule has 0 aliphatic heterocycles. The molecule has 0 aliphatic carbocycles. The quantitative estimate of drug-likeness (QED) is 0.683. The van der Waals surface area contributed by atoms with E-state index < -0.39 is 22.5 Å². The van der Waals surface area contributed by atoms with Crippen molar-refractivity contribution in [3.05, 3.63) is 35.6 Å². The van der Waals surface area contributed by atoms with Crippen molar-refractivity contribution in [2.45, 2.75) is 5.92 Å². The molecule has 0 bridgehead atoms. The topological polar surface area (TPSA) is 17.1 Å². The minimum Gasteiger partial charge on any atom is -0.274 e. The highest BCUT2D eigenvalue weighted by Gasteiger charge is 2.39. The lowest BCUT2D eigenvalue weighted by atomic mass is 10.1. The molecular formula is C8H4ClF3O. The van der Waals surface area contributed by atoms with Crippen LogP contribution in [0.25, 0.3) is 0 Å². The number of carbonyl (C=O) groups is 1. The summed E-state index contributed by atoms with van der Waals surface area (Å²) >= 11 is 4.64. The van der Waals surface area contributed by atoms with E-state index in [-0.39, 0.29) is 0 Å². The molecule has 0 aliphatic rings. The first-order valence-electron chi connectivity index (χ1n) is 3.28. The van der Waals surface area contributed by atoms with Crippen LogP contribution in [0.2, 0.25) is 0 Å². The normalized spacial score (nSPS) is 11.4. The predicted octanol–water partition coefficient (Wildman–Crippen LogP) is 2.68. The molecule has 1 nitrogen and oxygen atoms in total. The number of rotatable bonds is 2. The van der Waals surface area contributed by atoms with Crippen molar-refractivity contribution in [1.82, 2.24) is 0 Å². The maximum Gasteiger partial charge on any atom is 0.345 e. The number of hydrogen-bond acceptors (Lipinski definition) is 1. The molecule has 1 rings (SSSR count). The lowest BCUT2D eigenvalue weighted by Gasteiger charge is -2.10. The summed E-state index contributed by atoms with van der Waals surface area (Å²) in [6.07, 6.45) is 0. The molecular weight excluding hydrogens is 205 g/mol. The van der Waals surface area contributed by atoms with E-state index in [2.05, 4.69) is 11.6 Å². The lowest BCUT2D eigenvalue weighted by Crippen LogP contribution is -2.21. The molecule has 0 aromatic heterocycles. The van der Waals surface area contributed by atoms with Crippen LogP contribution in [0.1, 0.15) is 5.56 Å². The SMILES string of the molecule is O=C(Cl)C(F)(F)c1cccc(F)c1. The van der Waals surface area contributed by atoms with E-state index >= 15 is 0 Å². The lowest BCUT2D eigenvalue weighted by molar-refractivity contribution is -0.135. The summed E-state index contributed by atoms with van der Waals surface area (Å²) in [6.45, 7) is 0. The summed E-state index contributed by atoms with van der Waals surface area (Å²) in [5, 5.41) is -1.82. The molecule has 0 atom stereocenters. The smallest absolute Gasteiger partial charge is 0.274 e. The van der Waals surface area contributed by atoms with Gasteiger partial charge in [-0.1, -0.05) is 12.1 Å². The van der Waals surface area contributed by atoms with Crippen molar-refractivity contribution < 1.29 is 18.0 Å². The van der Waals surface area contributed by atoms with E-state index in [0.29, 0.717) is 6.07 Å². The number of benzene rings is 1. The Labute approximate surface area is 77.1 Å². The van der Waals surface area contributed by atoms with Gasteiger partial charge in [0.2, 0.25) is 0 Å². The molecule has 0 radical (unpaired) electrons. The molecule has 1 aromatic carbocycles. The van der Waals surface area contributed by atoms with Crippen LogP contribution in [0.5, 0.6) is 0 Å².